The average Bonchev–Trinajstić information content (AvgIpc) is 2.51. The Morgan fingerprint density at radius 1 is 1.27 bits per heavy atom. The lowest BCUT2D eigenvalue weighted by molar-refractivity contribution is -0.147. The van der Waals surface area contributed by atoms with Crippen molar-refractivity contribution < 1.29 is 19.5 Å². The van der Waals surface area contributed by atoms with Crippen LogP contribution in [0.4, 0.5) is 0 Å². The first-order chi connectivity index (χ1) is 10.5. The van der Waals surface area contributed by atoms with Gasteiger partial charge in [-0.05, 0) is 12.1 Å². The first-order valence-electron chi connectivity index (χ1n) is 7.02. The molecule has 1 unspecified atom stereocenters. The molecule has 1 fully saturated rings. The van der Waals surface area contributed by atoms with Crippen molar-refractivity contribution >= 4 is 17.8 Å². The van der Waals surface area contributed by atoms with Crippen LogP contribution in [0.15, 0.2) is 43.0 Å². The van der Waals surface area contributed by atoms with Gasteiger partial charge in [0.25, 0.3) is 5.91 Å². The highest BCUT2D eigenvalue weighted by molar-refractivity contribution is 5.99. The van der Waals surface area contributed by atoms with Crippen LogP contribution >= 0.6 is 0 Å². The maximum absolute atomic E-state index is 12.5. The van der Waals surface area contributed by atoms with E-state index in [2.05, 4.69) is 6.58 Å². The molecule has 6 heteroatoms. The molecule has 116 valence electrons. The summed E-state index contributed by atoms with van der Waals surface area (Å²) in [5.74, 6) is -1.78. The summed E-state index contributed by atoms with van der Waals surface area (Å²) < 4.78 is 0. The molecule has 1 aliphatic rings. The number of rotatable bonds is 5. The van der Waals surface area contributed by atoms with Gasteiger partial charge in [-0.15, -0.1) is 6.58 Å². The first-order valence-corrected chi connectivity index (χ1v) is 7.02. The number of carbonyl (C=O) groups excluding carboxylic acids is 2. The molecule has 1 aromatic carbocycles. The summed E-state index contributed by atoms with van der Waals surface area (Å²) in [6, 6.07) is 7.59. The van der Waals surface area contributed by atoms with Crippen LogP contribution in [0.5, 0.6) is 0 Å². The molecule has 0 radical (unpaired) electrons. The molecule has 6 nitrogen and oxygen atoms in total. The quantitative estimate of drug-likeness (QED) is 0.823. The zero-order chi connectivity index (χ0) is 16.1. The van der Waals surface area contributed by atoms with E-state index in [0.717, 1.165) is 0 Å². The van der Waals surface area contributed by atoms with Gasteiger partial charge < -0.3 is 14.9 Å². The predicted molar refractivity (Wildman–Crippen MR) is 80.3 cm³/mol. The Morgan fingerprint density at radius 3 is 2.55 bits per heavy atom. The smallest absolute Gasteiger partial charge is 0.305 e. The second kappa shape index (κ2) is 6.89. The fourth-order valence-corrected chi connectivity index (χ4v) is 2.53. The third-order valence-electron chi connectivity index (χ3n) is 3.58. The van der Waals surface area contributed by atoms with E-state index in [-0.39, 0.29) is 11.8 Å². The van der Waals surface area contributed by atoms with Crippen molar-refractivity contribution in [3.8, 4) is 0 Å². The molecule has 2 rings (SSSR count). The summed E-state index contributed by atoms with van der Waals surface area (Å²) in [6.45, 7) is 4.62. The molecule has 1 N–H and O–H groups in total. The van der Waals surface area contributed by atoms with Gasteiger partial charge in [0.05, 0.1) is 6.42 Å². The van der Waals surface area contributed by atoms with Crippen molar-refractivity contribution in [3.63, 3.8) is 0 Å². The minimum absolute atomic E-state index is 0.311. The van der Waals surface area contributed by atoms with Gasteiger partial charge in [0.1, 0.15) is 6.04 Å². The van der Waals surface area contributed by atoms with Gasteiger partial charge >= 0.3 is 5.97 Å². The number of aliphatic carboxylic acids is 1. The molecular weight excluding hydrogens is 284 g/mol. The first kappa shape index (κ1) is 15.8. The Labute approximate surface area is 128 Å². The maximum atomic E-state index is 12.5. The van der Waals surface area contributed by atoms with Crippen molar-refractivity contribution in [2.45, 2.75) is 12.5 Å². The van der Waals surface area contributed by atoms with Crippen molar-refractivity contribution in [3.05, 3.63) is 48.6 Å². The van der Waals surface area contributed by atoms with Gasteiger partial charge in [0.2, 0.25) is 5.91 Å². The van der Waals surface area contributed by atoms with Gasteiger partial charge in [-0.3, -0.25) is 14.4 Å². The largest absolute Gasteiger partial charge is 0.481 e. The number of hydrogen-bond acceptors (Lipinski definition) is 3. The molecule has 1 atom stereocenters. The molecule has 0 bridgehead atoms. The molecule has 22 heavy (non-hydrogen) atoms. The summed E-state index contributed by atoms with van der Waals surface area (Å²) in [5, 5.41) is 9.04. The standard InChI is InChI=1S/C16H18N2O4/c1-2-8-17-9-10-18(13(16(17)22)11-14(19)20)15(21)12-6-4-3-5-7-12/h2-7,13H,1,8-11H2,(H,19,20). The number of hydrogen-bond donors (Lipinski definition) is 1. The van der Waals surface area contributed by atoms with Crippen molar-refractivity contribution in [1.29, 1.82) is 0 Å². The molecule has 1 aromatic rings. The number of carboxylic acid groups (broad SMARTS) is 1. The van der Waals surface area contributed by atoms with Gasteiger partial charge in [-0.2, -0.15) is 0 Å². The van der Waals surface area contributed by atoms with E-state index >= 15 is 0 Å². The number of nitrogens with zero attached hydrogens (tertiary/aromatic N) is 2. The van der Waals surface area contributed by atoms with Crippen molar-refractivity contribution in [1.82, 2.24) is 9.80 Å². The van der Waals surface area contributed by atoms with Gasteiger partial charge in [-0.25, -0.2) is 0 Å². The predicted octanol–water partition coefficient (Wildman–Crippen LogP) is 1.00. The molecule has 2 amide bonds. The zero-order valence-electron chi connectivity index (χ0n) is 12.1. The number of piperazine rings is 1. The molecule has 1 aliphatic heterocycles. The summed E-state index contributed by atoms with van der Waals surface area (Å²) in [7, 11) is 0. The normalized spacial score (nSPS) is 18.2. The SMILES string of the molecule is C=CCN1CCN(C(=O)c2ccccc2)C(CC(=O)O)C1=O. The lowest BCUT2D eigenvalue weighted by Gasteiger charge is -2.39. The number of carboxylic acids is 1. The zero-order valence-corrected chi connectivity index (χ0v) is 12.1. The summed E-state index contributed by atoms with van der Waals surface area (Å²) in [6.07, 6.45) is 1.19. The highest BCUT2D eigenvalue weighted by Crippen LogP contribution is 2.18. The number of carbonyl (C=O) groups is 3. The van der Waals surface area contributed by atoms with Crippen LogP contribution in [0.25, 0.3) is 0 Å². The third-order valence-corrected chi connectivity index (χ3v) is 3.58. The lowest BCUT2D eigenvalue weighted by Crippen LogP contribution is -2.59. The molecule has 0 aromatic heterocycles. The summed E-state index contributed by atoms with van der Waals surface area (Å²) in [4.78, 5) is 38.9. The Kier molecular flexibility index (Phi) is 4.93. The fraction of sp³-hybridized carbons (Fsp3) is 0.312. The topological polar surface area (TPSA) is 77.9 Å². The van der Waals surface area contributed by atoms with E-state index < -0.39 is 18.4 Å². The third kappa shape index (κ3) is 3.33. The van der Waals surface area contributed by atoms with Crippen LogP contribution in [-0.2, 0) is 9.59 Å². The molecule has 0 aliphatic carbocycles. The Morgan fingerprint density at radius 2 is 1.95 bits per heavy atom. The van der Waals surface area contributed by atoms with E-state index in [0.29, 0.717) is 25.2 Å². The van der Waals surface area contributed by atoms with Crippen LogP contribution < -0.4 is 0 Å². The molecule has 0 saturated carbocycles. The summed E-state index contributed by atoms with van der Waals surface area (Å²) in [5.41, 5.74) is 0.447. The second-order valence-electron chi connectivity index (χ2n) is 5.05. The lowest BCUT2D eigenvalue weighted by atomic mass is 10.0. The second-order valence-corrected chi connectivity index (χ2v) is 5.05. The van der Waals surface area contributed by atoms with E-state index in [1.165, 1.54) is 9.80 Å². The minimum Gasteiger partial charge on any atom is -0.481 e. The fourth-order valence-electron chi connectivity index (χ4n) is 2.53. The highest BCUT2D eigenvalue weighted by atomic mass is 16.4. The highest BCUT2D eigenvalue weighted by Gasteiger charge is 2.38. The van der Waals surface area contributed by atoms with Gasteiger partial charge in [-0.1, -0.05) is 24.3 Å². The number of benzene rings is 1. The Balaban J connectivity index is 2.25. The van der Waals surface area contributed by atoms with Crippen LogP contribution in [0, 0.1) is 0 Å². The van der Waals surface area contributed by atoms with Crippen LogP contribution in [0.3, 0.4) is 0 Å². The van der Waals surface area contributed by atoms with Gasteiger partial charge in [0, 0.05) is 25.2 Å². The maximum Gasteiger partial charge on any atom is 0.305 e. The van der Waals surface area contributed by atoms with E-state index in [4.69, 9.17) is 5.11 Å². The van der Waals surface area contributed by atoms with E-state index in [1.54, 1.807) is 36.4 Å². The molecule has 1 heterocycles. The minimum atomic E-state index is -1.11. The van der Waals surface area contributed by atoms with Crippen molar-refractivity contribution in [2.24, 2.45) is 0 Å². The van der Waals surface area contributed by atoms with Crippen molar-refractivity contribution in [2.75, 3.05) is 19.6 Å². The molecular formula is C16H18N2O4. The van der Waals surface area contributed by atoms with Crippen LogP contribution in [-0.4, -0.2) is 58.4 Å². The Bertz CT molecular complexity index is 585. The Hall–Kier alpha value is -2.63. The van der Waals surface area contributed by atoms with Crippen LogP contribution in [0.2, 0.25) is 0 Å². The molecule has 1 saturated heterocycles. The number of amides is 2. The van der Waals surface area contributed by atoms with Crippen LogP contribution in [0.1, 0.15) is 16.8 Å². The van der Waals surface area contributed by atoms with E-state index in [1.807, 2.05) is 0 Å². The summed E-state index contributed by atoms with van der Waals surface area (Å²) >= 11 is 0. The van der Waals surface area contributed by atoms with Gasteiger partial charge in [0.15, 0.2) is 0 Å². The van der Waals surface area contributed by atoms with E-state index in [9.17, 15) is 14.4 Å². The average molecular weight is 302 g/mol. The molecule has 0 spiro atoms. The monoisotopic (exact) mass is 302 g/mol.